The summed E-state index contributed by atoms with van der Waals surface area (Å²) in [4.78, 5) is 0. The molecule has 0 aliphatic rings. The summed E-state index contributed by atoms with van der Waals surface area (Å²) in [5.74, 6) is 0.775. The topological polar surface area (TPSA) is 35.2 Å². The first-order valence-electron chi connectivity index (χ1n) is 5.02. The lowest BCUT2D eigenvalue weighted by Crippen LogP contribution is -1.94. The minimum Gasteiger partial charge on any atom is -0.495 e. The van der Waals surface area contributed by atoms with E-state index >= 15 is 0 Å². The Morgan fingerprint density at radius 3 is 2.35 bits per heavy atom. The van der Waals surface area contributed by atoms with Crippen LogP contribution in [0.4, 0.5) is 5.69 Å². The highest BCUT2D eigenvalue weighted by Crippen LogP contribution is 2.42. The van der Waals surface area contributed by atoms with Crippen LogP contribution in [0.15, 0.2) is 45.3 Å². The zero-order valence-electron chi connectivity index (χ0n) is 9.21. The molecule has 0 unspecified atom stereocenters. The molecule has 0 bridgehead atoms. The fraction of sp³-hybridized carbons (Fsp3) is 0.0769. The van der Waals surface area contributed by atoms with E-state index < -0.39 is 0 Å². The van der Waals surface area contributed by atoms with E-state index in [-0.39, 0.29) is 0 Å². The molecule has 2 aromatic carbocycles. The summed E-state index contributed by atoms with van der Waals surface area (Å²) in [5, 5.41) is 0. The molecule has 88 valence electrons. The van der Waals surface area contributed by atoms with E-state index in [1.165, 1.54) is 0 Å². The van der Waals surface area contributed by atoms with Crippen LogP contribution in [0.25, 0.3) is 11.1 Å². The maximum absolute atomic E-state index is 5.98. The number of hydrogen-bond donors (Lipinski definition) is 1. The standard InChI is InChI=1S/C13H11Br2NO/c1-17-13-9(6-7-10(14)12(13)15)8-4-2-3-5-11(8)16/h2-7H,16H2,1H3. The van der Waals surface area contributed by atoms with Crippen LogP contribution in [-0.2, 0) is 0 Å². The summed E-state index contributed by atoms with van der Waals surface area (Å²) in [6.07, 6.45) is 0. The molecule has 2 nitrogen and oxygen atoms in total. The predicted molar refractivity (Wildman–Crippen MR) is 78.2 cm³/mol. The van der Waals surface area contributed by atoms with Crippen LogP contribution in [0, 0.1) is 0 Å². The maximum atomic E-state index is 5.98. The van der Waals surface area contributed by atoms with E-state index in [1.807, 2.05) is 36.4 Å². The van der Waals surface area contributed by atoms with Crippen LogP contribution in [0.1, 0.15) is 0 Å². The molecule has 0 saturated heterocycles. The molecule has 4 heteroatoms. The fourth-order valence-corrected chi connectivity index (χ4v) is 2.51. The minimum absolute atomic E-state index is 0.736. The molecule has 0 aromatic heterocycles. The molecule has 0 fully saturated rings. The SMILES string of the molecule is COc1c(-c2ccccc2N)ccc(Br)c1Br. The Morgan fingerprint density at radius 2 is 1.71 bits per heavy atom. The Morgan fingerprint density at radius 1 is 1.00 bits per heavy atom. The van der Waals surface area contributed by atoms with Crippen molar-refractivity contribution in [1.82, 2.24) is 0 Å². The van der Waals surface area contributed by atoms with Gasteiger partial charge in [-0.3, -0.25) is 0 Å². The molecule has 0 amide bonds. The van der Waals surface area contributed by atoms with Crippen LogP contribution in [0.5, 0.6) is 5.75 Å². The first-order valence-corrected chi connectivity index (χ1v) is 6.60. The van der Waals surface area contributed by atoms with Gasteiger partial charge in [0.25, 0.3) is 0 Å². The second kappa shape index (κ2) is 5.10. The average molecular weight is 357 g/mol. The van der Waals surface area contributed by atoms with Crippen molar-refractivity contribution in [2.24, 2.45) is 0 Å². The van der Waals surface area contributed by atoms with E-state index in [2.05, 4.69) is 31.9 Å². The Bertz CT molecular complexity index is 555. The molecule has 0 atom stereocenters. The van der Waals surface area contributed by atoms with Crippen LogP contribution < -0.4 is 10.5 Å². The van der Waals surface area contributed by atoms with Crippen molar-refractivity contribution < 1.29 is 4.74 Å². The third kappa shape index (κ3) is 2.33. The monoisotopic (exact) mass is 355 g/mol. The van der Waals surface area contributed by atoms with E-state index in [0.29, 0.717) is 0 Å². The fourth-order valence-electron chi connectivity index (χ4n) is 1.69. The van der Waals surface area contributed by atoms with Crippen molar-refractivity contribution in [2.45, 2.75) is 0 Å². The summed E-state index contributed by atoms with van der Waals surface area (Å²) in [6, 6.07) is 11.7. The summed E-state index contributed by atoms with van der Waals surface area (Å²) in [6.45, 7) is 0. The number of benzene rings is 2. The minimum atomic E-state index is 0.736. The third-order valence-corrected chi connectivity index (χ3v) is 4.49. The molecular formula is C13H11Br2NO. The van der Waals surface area contributed by atoms with Crippen LogP contribution >= 0.6 is 31.9 Å². The molecule has 0 saturated carbocycles. The highest BCUT2D eigenvalue weighted by molar-refractivity contribution is 9.13. The molecular weight excluding hydrogens is 346 g/mol. The van der Waals surface area contributed by atoms with Gasteiger partial charge in [0.1, 0.15) is 5.75 Å². The number of hydrogen-bond acceptors (Lipinski definition) is 2. The Labute approximate surface area is 117 Å². The quantitative estimate of drug-likeness (QED) is 0.805. The van der Waals surface area contributed by atoms with Crippen LogP contribution in [0.2, 0.25) is 0 Å². The Hall–Kier alpha value is -1.00. The van der Waals surface area contributed by atoms with Crippen LogP contribution in [0.3, 0.4) is 0 Å². The summed E-state index contributed by atoms with van der Waals surface area (Å²) in [7, 11) is 1.65. The number of rotatable bonds is 2. The lowest BCUT2D eigenvalue weighted by molar-refractivity contribution is 0.413. The van der Waals surface area contributed by atoms with Crippen molar-refractivity contribution >= 4 is 37.5 Å². The van der Waals surface area contributed by atoms with Gasteiger partial charge in [-0.15, -0.1) is 0 Å². The van der Waals surface area contributed by atoms with Crippen molar-refractivity contribution in [1.29, 1.82) is 0 Å². The molecule has 0 aliphatic heterocycles. The van der Waals surface area contributed by atoms with Crippen molar-refractivity contribution in [3.05, 3.63) is 45.3 Å². The first kappa shape index (κ1) is 12.5. The van der Waals surface area contributed by atoms with Gasteiger partial charge in [0.15, 0.2) is 0 Å². The zero-order valence-corrected chi connectivity index (χ0v) is 12.4. The molecule has 0 spiro atoms. The molecule has 2 aromatic rings. The van der Waals surface area contributed by atoms with Gasteiger partial charge in [-0.1, -0.05) is 18.2 Å². The third-order valence-electron chi connectivity index (χ3n) is 2.51. The molecule has 0 heterocycles. The molecule has 2 N–H and O–H groups in total. The zero-order chi connectivity index (χ0) is 12.4. The summed E-state index contributed by atoms with van der Waals surface area (Å²) < 4.78 is 7.27. The number of nitrogens with two attached hydrogens (primary N) is 1. The van der Waals surface area contributed by atoms with E-state index in [1.54, 1.807) is 7.11 Å². The first-order chi connectivity index (χ1) is 8.15. The van der Waals surface area contributed by atoms with E-state index in [9.17, 15) is 0 Å². The molecule has 0 aliphatic carbocycles. The lowest BCUT2D eigenvalue weighted by Gasteiger charge is -2.13. The van der Waals surface area contributed by atoms with Crippen LogP contribution in [-0.4, -0.2) is 7.11 Å². The maximum Gasteiger partial charge on any atom is 0.142 e. The van der Waals surface area contributed by atoms with Crippen molar-refractivity contribution in [3.8, 4) is 16.9 Å². The predicted octanol–water partition coefficient (Wildman–Crippen LogP) is 4.47. The van der Waals surface area contributed by atoms with Gasteiger partial charge in [0, 0.05) is 21.3 Å². The average Bonchev–Trinajstić information content (AvgIpc) is 2.33. The highest BCUT2D eigenvalue weighted by Gasteiger charge is 2.13. The summed E-state index contributed by atoms with van der Waals surface area (Å²) in [5.41, 5.74) is 8.66. The smallest absolute Gasteiger partial charge is 0.142 e. The summed E-state index contributed by atoms with van der Waals surface area (Å²) >= 11 is 6.95. The van der Waals surface area contributed by atoms with E-state index in [4.69, 9.17) is 10.5 Å². The normalized spacial score (nSPS) is 10.3. The number of methoxy groups -OCH3 is 1. The number of ether oxygens (including phenoxy) is 1. The second-order valence-electron chi connectivity index (χ2n) is 3.53. The number of nitrogen functional groups attached to an aromatic ring is 1. The van der Waals surface area contributed by atoms with Crippen molar-refractivity contribution in [2.75, 3.05) is 12.8 Å². The van der Waals surface area contributed by atoms with Gasteiger partial charge in [-0.2, -0.15) is 0 Å². The van der Waals surface area contributed by atoms with Gasteiger partial charge in [-0.05, 0) is 50.1 Å². The van der Waals surface area contributed by atoms with Gasteiger partial charge in [0.05, 0.1) is 11.6 Å². The van der Waals surface area contributed by atoms with E-state index in [0.717, 1.165) is 31.5 Å². The highest BCUT2D eigenvalue weighted by atomic mass is 79.9. The molecule has 0 radical (unpaired) electrons. The second-order valence-corrected chi connectivity index (χ2v) is 5.18. The van der Waals surface area contributed by atoms with Crippen molar-refractivity contribution in [3.63, 3.8) is 0 Å². The lowest BCUT2D eigenvalue weighted by atomic mass is 10.0. The van der Waals surface area contributed by atoms with Gasteiger partial charge < -0.3 is 10.5 Å². The Kier molecular flexibility index (Phi) is 3.74. The molecule has 17 heavy (non-hydrogen) atoms. The van der Waals surface area contributed by atoms with Gasteiger partial charge in [0.2, 0.25) is 0 Å². The van der Waals surface area contributed by atoms with Gasteiger partial charge in [-0.25, -0.2) is 0 Å². The number of anilines is 1. The van der Waals surface area contributed by atoms with Gasteiger partial charge >= 0.3 is 0 Å². The number of halogens is 2. The largest absolute Gasteiger partial charge is 0.495 e. The Balaban J connectivity index is 2.68. The number of para-hydroxylation sites is 1. The molecule has 2 rings (SSSR count).